The third-order valence-corrected chi connectivity index (χ3v) is 6.79. The van der Waals surface area contributed by atoms with E-state index < -0.39 is 33.8 Å². The van der Waals surface area contributed by atoms with E-state index in [2.05, 4.69) is 5.32 Å². The van der Waals surface area contributed by atoms with E-state index in [-0.39, 0.29) is 21.9 Å². The van der Waals surface area contributed by atoms with Crippen LogP contribution in [0.15, 0.2) is 47.4 Å². The topological polar surface area (TPSA) is 102 Å². The zero-order valence-electron chi connectivity index (χ0n) is 17.1. The van der Waals surface area contributed by atoms with Gasteiger partial charge in [-0.3, -0.25) is 4.79 Å². The summed E-state index contributed by atoms with van der Waals surface area (Å²) in [6.07, 6.45) is 0.281. The number of amides is 1. The summed E-state index contributed by atoms with van der Waals surface area (Å²) in [4.78, 5) is 24.7. The Kier molecular flexibility index (Phi) is 6.91. The van der Waals surface area contributed by atoms with Gasteiger partial charge in [-0.05, 0) is 50.1 Å². The van der Waals surface area contributed by atoms with Crippen molar-refractivity contribution in [3.63, 3.8) is 0 Å². The molecule has 0 bridgehead atoms. The molecule has 1 fully saturated rings. The summed E-state index contributed by atoms with van der Waals surface area (Å²) in [5.41, 5.74) is -0.0945. The summed E-state index contributed by atoms with van der Waals surface area (Å²) in [5.74, 6) is -2.14. The fourth-order valence-electron chi connectivity index (χ4n) is 3.15. The lowest BCUT2D eigenvalue weighted by molar-refractivity contribution is -0.123. The molecule has 8 nitrogen and oxygen atoms in total. The van der Waals surface area contributed by atoms with Gasteiger partial charge in [-0.2, -0.15) is 4.31 Å². The van der Waals surface area contributed by atoms with E-state index >= 15 is 0 Å². The summed E-state index contributed by atoms with van der Waals surface area (Å²) in [5, 5.41) is 2.34. The fourth-order valence-corrected chi connectivity index (χ4v) is 4.85. The van der Waals surface area contributed by atoms with Crippen molar-refractivity contribution in [1.29, 1.82) is 0 Å². The Hall–Kier alpha value is -2.98. The second-order valence-electron chi connectivity index (χ2n) is 6.99. The van der Waals surface area contributed by atoms with Crippen molar-refractivity contribution in [2.24, 2.45) is 0 Å². The second-order valence-corrected chi connectivity index (χ2v) is 8.90. The molecule has 1 unspecified atom stereocenters. The number of para-hydroxylation sites is 1. The monoisotopic (exact) mass is 450 g/mol. The van der Waals surface area contributed by atoms with Crippen molar-refractivity contribution in [3.05, 3.63) is 53.8 Å². The smallest absolute Gasteiger partial charge is 0.338 e. The van der Waals surface area contributed by atoms with Crippen LogP contribution in [0.3, 0.4) is 0 Å². The van der Waals surface area contributed by atoms with Gasteiger partial charge in [0.2, 0.25) is 10.0 Å². The van der Waals surface area contributed by atoms with E-state index in [1.807, 2.05) is 0 Å². The van der Waals surface area contributed by atoms with Gasteiger partial charge in [0.15, 0.2) is 6.10 Å². The number of benzene rings is 2. The average Bonchev–Trinajstić information content (AvgIpc) is 3.30. The van der Waals surface area contributed by atoms with Crippen molar-refractivity contribution in [2.75, 3.05) is 25.5 Å². The molecule has 1 heterocycles. The maximum Gasteiger partial charge on any atom is 0.338 e. The minimum Gasteiger partial charge on any atom is -0.495 e. The number of sulfonamides is 1. The minimum absolute atomic E-state index is 0.0427. The van der Waals surface area contributed by atoms with Crippen molar-refractivity contribution < 1.29 is 31.9 Å². The standard InChI is InChI=1S/C21H23FN2O6S/c1-14(20(25)23-17-8-4-3-7-16(17)22)30-21(26)15-9-10-18(29-2)19(13-15)31(27,28)24-11-5-6-12-24/h3-4,7-10,13-14H,5-6,11-12H2,1-2H3,(H,23,25). The summed E-state index contributed by atoms with van der Waals surface area (Å²) in [7, 11) is -2.51. The number of hydrogen-bond donors (Lipinski definition) is 1. The number of hydrogen-bond acceptors (Lipinski definition) is 6. The molecule has 166 valence electrons. The lowest BCUT2D eigenvalue weighted by Crippen LogP contribution is -2.30. The number of ether oxygens (including phenoxy) is 2. The van der Waals surface area contributed by atoms with E-state index in [1.54, 1.807) is 6.07 Å². The van der Waals surface area contributed by atoms with Crippen LogP contribution >= 0.6 is 0 Å². The minimum atomic E-state index is -3.85. The summed E-state index contributed by atoms with van der Waals surface area (Å²) < 4.78 is 51.3. The van der Waals surface area contributed by atoms with Crippen LogP contribution in [0.5, 0.6) is 5.75 Å². The van der Waals surface area contributed by atoms with E-state index in [0.717, 1.165) is 12.8 Å². The SMILES string of the molecule is COc1ccc(C(=O)OC(C)C(=O)Nc2ccccc2F)cc1S(=O)(=O)N1CCCC1. The number of carbonyl (C=O) groups is 2. The second kappa shape index (κ2) is 9.44. The normalized spacial score (nSPS) is 15.3. The highest BCUT2D eigenvalue weighted by atomic mass is 32.2. The van der Waals surface area contributed by atoms with Gasteiger partial charge in [-0.25, -0.2) is 17.6 Å². The lowest BCUT2D eigenvalue weighted by atomic mass is 10.2. The number of nitrogens with zero attached hydrogens (tertiary/aromatic N) is 1. The number of anilines is 1. The van der Waals surface area contributed by atoms with Crippen LogP contribution in [0, 0.1) is 5.82 Å². The van der Waals surface area contributed by atoms with Gasteiger partial charge in [-0.1, -0.05) is 12.1 Å². The number of halogens is 1. The molecule has 0 spiro atoms. The molecule has 1 amide bonds. The highest BCUT2D eigenvalue weighted by Gasteiger charge is 2.31. The predicted octanol–water partition coefficient (Wildman–Crippen LogP) is 2.80. The van der Waals surface area contributed by atoms with E-state index in [1.165, 1.54) is 54.7 Å². The molecule has 10 heteroatoms. The van der Waals surface area contributed by atoms with Crippen LogP contribution < -0.4 is 10.1 Å². The first kappa shape index (κ1) is 22.7. The number of carbonyl (C=O) groups excluding carboxylic acids is 2. The van der Waals surface area contributed by atoms with Crippen LogP contribution in [-0.4, -0.2) is 50.9 Å². The molecule has 0 aromatic heterocycles. The van der Waals surface area contributed by atoms with E-state index in [0.29, 0.717) is 13.1 Å². The highest BCUT2D eigenvalue weighted by molar-refractivity contribution is 7.89. The molecule has 1 saturated heterocycles. The Morgan fingerprint density at radius 1 is 1.13 bits per heavy atom. The molecule has 1 aliphatic rings. The Labute approximate surface area is 180 Å². The van der Waals surface area contributed by atoms with Crippen molar-refractivity contribution >= 4 is 27.6 Å². The number of nitrogens with one attached hydrogen (secondary N) is 1. The molecule has 31 heavy (non-hydrogen) atoms. The molecule has 1 aliphatic heterocycles. The number of esters is 1. The van der Waals surface area contributed by atoms with Crippen LogP contribution in [-0.2, 0) is 19.6 Å². The first-order valence-electron chi connectivity index (χ1n) is 9.68. The maximum atomic E-state index is 13.7. The maximum absolute atomic E-state index is 13.7. The Morgan fingerprint density at radius 3 is 2.45 bits per heavy atom. The molecule has 0 radical (unpaired) electrons. The van der Waals surface area contributed by atoms with Gasteiger partial charge < -0.3 is 14.8 Å². The fraction of sp³-hybridized carbons (Fsp3) is 0.333. The van der Waals surface area contributed by atoms with E-state index in [4.69, 9.17) is 9.47 Å². The van der Waals surface area contributed by atoms with Crippen LogP contribution in [0.2, 0.25) is 0 Å². The van der Waals surface area contributed by atoms with Gasteiger partial charge in [0, 0.05) is 13.1 Å². The van der Waals surface area contributed by atoms with Gasteiger partial charge in [0.25, 0.3) is 5.91 Å². The van der Waals surface area contributed by atoms with Crippen molar-refractivity contribution in [1.82, 2.24) is 4.31 Å². The average molecular weight is 450 g/mol. The van der Waals surface area contributed by atoms with Crippen molar-refractivity contribution in [3.8, 4) is 5.75 Å². The molecule has 3 rings (SSSR count). The molecule has 2 aromatic carbocycles. The largest absolute Gasteiger partial charge is 0.495 e. The number of rotatable bonds is 7. The number of methoxy groups -OCH3 is 1. The van der Waals surface area contributed by atoms with Gasteiger partial charge in [0.05, 0.1) is 18.4 Å². The highest BCUT2D eigenvalue weighted by Crippen LogP contribution is 2.30. The Balaban J connectivity index is 1.77. The van der Waals surface area contributed by atoms with Crippen molar-refractivity contribution in [2.45, 2.75) is 30.8 Å². The summed E-state index contributed by atoms with van der Waals surface area (Å²) in [6.45, 7) is 2.13. The predicted molar refractivity (Wildman–Crippen MR) is 111 cm³/mol. The zero-order chi connectivity index (χ0) is 22.6. The third-order valence-electron chi connectivity index (χ3n) is 4.87. The Bertz CT molecular complexity index is 1080. The van der Waals surface area contributed by atoms with Gasteiger partial charge in [0.1, 0.15) is 16.5 Å². The Morgan fingerprint density at radius 2 is 1.81 bits per heavy atom. The molecule has 1 N–H and O–H groups in total. The van der Waals surface area contributed by atoms with E-state index in [9.17, 15) is 22.4 Å². The van der Waals surface area contributed by atoms with Gasteiger partial charge >= 0.3 is 5.97 Å². The zero-order valence-corrected chi connectivity index (χ0v) is 17.9. The quantitative estimate of drug-likeness (QED) is 0.651. The molecule has 2 aromatic rings. The first-order valence-corrected chi connectivity index (χ1v) is 11.1. The summed E-state index contributed by atoms with van der Waals surface area (Å²) in [6, 6.07) is 9.49. The molecule has 0 aliphatic carbocycles. The summed E-state index contributed by atoms with van der Waals surface area (Å²) >= 11 is 0. The molecule has 1 atom stereocenters. The third kappa shape index (κ3) is 5.02. The van der Waals surface area contributed by atoms with Crippen LogP contribution in [0.4, 0.5) is 10.1 Å². The van der Waals surface area contributed by atoms with Crippen LogP contribution in [0.25, 0.3) is 0 Å². The van der Waals surface area contributed by atoms with Gasteiger partial charge in [-0.15, -0.1) is 0 Å². The molecular weight excluding hydrogens is 427 g/mol. The lowest BCUT2D eigenvalue weighted by Gasteiger charge is -2.18. The molecular formula is C21H23FN2O6S. The first-order chi connectivity index (χ1) is 14.7. The molecule has 0 saturated carbocycles. The van der Waals surface area contributed by atoms with Crippen LogP contribution in [0.1, 0.15) is 30.1 Å².